The fourth-order valence-corrected chi connectivity index (χ4v) is 3.05. The maximum absolute atomic E-state index is 12.3. The van der Waals surface area contributed by atoms with E-state index >= 15 is 0 Å². The summed E-state index contributed by atoms with van der Waals surface area (Å²) in [6.45, 7) is 5.66. The largest absolute Gasteiger partial charge is 0.371 e. The Morgan fingerprint density at radius 2 is 2.07 bits per heavy atom. The van der Waals surface area contributed by atoms with Gasteiger partial charge in [0.2, 0.25) is 0 Å². The van der Waals surface area contributed by atoms with Gasteiger partial charge in [-0.2, -0.15) is 0 Å². The number of carbonyl (C=O) groups excluding carboxylic acids is 1. The molecule has 0 unspecified atom stereocenters. The van der Waals surface area contributed by atoms with Gasteiger partial charge < -0.3 is 19.5 Å². The molecule has 1 aromatic rings. The van der Waals surface area contributed by atoms with Crippen LogP contribution in [-0.2, 0) is 25.6 Å². The van der Waals surface area contributed by atoms with E-state index in [1.807, 2.05) is 30.3 Å². The highest BCUT2D eigenvalue weighted by Crippen LogP contribution is 2.31. The third kappa shape index (κ3) is 6.76. The highest BCUT2D eigenvalue weighted by Gasteiger charge is 2.47. The Bertz CT molecular complexity index is 740. The fraction of sp³-hybridized carbons (Fsp3) is 0.500. The number of azide groups is 1. The number of alkyl halides is 3. The normalized spacial score (nSPS) is 27.0. The van der Waals surface area contributed by atoms with E-state index in [0.29, 0.717) is 0 Å². The Balaban J connectivity index is 2.33. The lowest BCUT2D eigenvalue weighted by Crippen LogP contribution is -2.64. The van der Waals surface area contributed by atoms with E-state index in [2.05, 4.69) is 21.9 Å². The van der Waals surface area contributed by atoms with Crippen LogP contribution in [0.4, 0.5) is 0 Å². The molecule has 0 aliphatic carbocycles. The molecule has 0 bridgehead atoms. The van der Waals surface area contributed by atoms with Crippen LogP contribution < -0.4 is 5.32 Å². The van der Waals surface area contributed by atoms with E-state index in [1.165, 1.54) is 6.08 Å². The third-order valence-corrected chi connectivity index (χ3v) is 4.73. The average Bonchev–Trinajstić information content (AvgIpc) is 2.68. The van der Waals surface area contributed by atoms with Crippen LogP contribution in [0, 0.1) is 0 Å². The highest BCUT2D eigenvalue weighted by atomic mass is 35.6. The lowest BCUT2D eigenvalue weighted by atomic mass is 9.95. The first kappa shape index (κ1) is 23.8. The van der Waals surface area contributed by atoms with Gasteiger partial charge in [0.25, 0.3) is 9.70 Å². The number of hydrogen-bond donors (Lipinski definition) is 1. The van der Waals surface area contributed by atoms with Crippen LogP contribution in [0.3, 0.4) is 0 Å². The van der Waals surface area contributed by atoms with Crippen molar-refractivity contribution in [1.82, 2.24) is 5.32 Å². The van der Waals surface area contributed by atoms with Crippen LogP contribution in [0.2, 0.25) is 0 Å². The van der Waals surface area contributed by atoms with Crippen LogP contribution >= 0.6 is 34.8 Å². The van der Waals surface area contributed by atoms with Crippen LogP contribution in [0.25, 0.3) is 10.4 Å². The summed E-state index contributed by atoms with van der Waals surface area (Å²) in [4.78, 5) is 15.2. The van der Waals surface area contributed by atoms with E-state index < -0.39 is 40.3 Å². The smallest absolute Gasteiger partial charge is 0.272 e. The molecule has 5 atom stereocenters. The van der Waals surface area contributed by atoms with Gasteiger partial charge in [0.15, 0.2) is 6.29 Å². The van der Waals surface area contributed by atoms with Gasteiger partial charge in [-0.25, -0.2) is 0 Å². The predicted octanol–water partition coefficient (Wildman–Crippen LogP) is 4.05. The quantitative estimate of drug-likeness (QED) is 0.206. The summed E-state index contributed by atoms with van der Waals surface area (Å²) in [6.07, 6.45) is -0.769. The summed E-state index contributed by atoms with van der Waals surface area (Å²) in [7, 11) is 0. The molecule has 2 rings (SSSR count). The predicted molar refractivity (Wildman–Crippen MR) is 111 cm³/mol. The fourth-order valence-electron chi connectivity index (χ4n) is 2.89. The molecule has 29 heavy (non-hydrogen) atoms. The number of carbonyl (C=O) groups is 1. The van der Waals surface area contributed by atoms with Gasteiger partial charge >= 0.3 is 0 Å². The van der Waals surface area contributed by atoms with Crippen molar-refractivity contribution in [2.45, 2.75) is 47.9 Å². The van der Waals surface area contributed by atoms with Crippen molar-refractivity contribution in [2.75, 3.05) is 6.61 Å². The summed E-state index contributed by atoms with van der Waals surface area (Å²) in [5.41, 5.74) is 9.89. The van der Waals surface area contributed by atoms with Crippen molar-refractivity contribution < 1.29 is 19.0 Å². The van der Waals surface area contributed by atoms with E-state index in [0.717, 1.165) is 5.56 Å². The van der Waals surface area contributed by atoms with Crippen LogP contribution in [0.1, 0.15) is 12.5 Å². The van der Waals surface area contributed by atoms with E-state index in [-0.39, 0.29) is 13.2 Å². The molecule has 1 amide bonds. The zero-order chi connectivity index (χ0) is 21.4. The Hall–Kier alpha value is -1.51. The number of rotatable bonds is 8. The first-order valence-corrected chi connectivity index (χ1v) is 9.86. The summed E-state index contributed by atoms with van der Waals surface area (Å²) in [5, 5.41) is 6.38. The molecule has 1 N–H and O–H groups in total. The van der Waals surface area contributed by atoms with Crippen molar-refractivity contribution in [3.63, 3.8) is 0 Å². The zero-order valence-electron chi connectivity index (χ0n) is 15.6. The van der Waals surface area contributed by atoms with Crippen LogP contribution in [-0.4, -0.2) is 46.9 Å². The van der Waals surface area contributed by atoms with Gasteiger partial charge in [-0.3, -0.25) is 4.79 Å². The van der Waals surface area contributed by atoms with Crippen molar-refractivity contribution >= 4 is 40.7 Å². The number of halogens is 3. The van der Waals surface area contributed by atoms with Gasteiger partial charge in [0.1, 0.15) is 6.04 Å². The summed E-state index contributed by atoms with van der Waals surface area (Å²) in [5.74, 6) is -0.883. The highest BCUT2D eigenvalue weighted by molar-refractivity contribution is 6.76. The molecule has 158 valence electrons. The minimum absolute atomic E-state index is 0.148. The van der Waals surface area contributed by atoms with E-state index in [1.54, 1.807) is 6.92 Å². The van der Waals surface area contributed by atoms with Gasteiger partial charge in [-0.1, -0.05) is 76.3 Å². The van der Waals surface area contributed by atoms with Crippen molar-refractivity contribution in [3.8, 4) is 0 Å². The number of nitrogens with zero attached hydrogens (tertiary/aromatic N) is 3. The lowest BCUT2D eigenvalue weighted by Gasteiger charge is -2.44. The molecule has 0 aromatic heterocycles. The summed E-state index contributed by atoms with van der Waals surface area (Å²) in [6, 6.07) is 7.72. The molecule has 0 spiro atoms. The molecule has 11 heteroatoms. The second-order valence-corrected chi connectivity index (χ2v) is 8.57. The first-order valence-electron chi connectivity index (χ1n) is 8.73. The van der Waals surface area contributed by atoms with E-state index in [4.69, 9.17) is 54.5 Å². The van der Waals surface area contributed by atoms with Gasteiger partial charge in [-0.05, 0) is 18.0 Å². The van der Waals surface area contributed by atoms with Gasteiger partial charge in [0, 0.05) is 4.91 Å². The number of ether oxygens (including phenoxy) is 3. The molecule has 1 aliphatic heterocycles. The number of benzene rings is 1. The Morgan fingerprint density at radius 1 is 1.38 bits per heavy atom. The SMILES string of the molecule is C=CCO[C@@H]1O[C@H](C)[C@H](N=[N+]=[N-])[C@H](OCc2ccccc2)[C@H]1NC(=O)C(Cl)(Cl)Cl. The number of nitrogens with one attached hydrogen (secondary N) is 1. The minimum Gasteiger partial charge on any atom is -0.371 e. The third-order valence-electron chi connectivity index (χ3n) is 4.22. The molecule has 0 radical (unpaired) electrons. The average molecular weight is 464 g/mol. The van der Waals surface area contributed by atoms with Crippen LogP contribution in [0.15, 0.2) is 48.1 Å². The molecule has 0 saturated carbocycles. The van der Waals surface area contributed by atoms with Gasteiger partial charge in [-0.15, -0.1) is 6.58 Å². The Kier molecular flexibility index (Phi) is 9.04. The summed E-state index contributed by atoms with van der Waals surface area (Å²) >= 11 is 17.1. The molecule has 8 nitrogen and oxygen atoms in total. The van der Waals surface area contributed by atoms with E-state index in [9.17, 15) is 4.79 Å². The van der Waals surface area contributed by atoms with Gasteiger partial charge in [0.05, 0.1) is 31.5 Å². The molecule has 1 aliphatic rings. The molecular formula is C18H21Cl3N4O4. The standard InChI is InChI=1S/C18H21Cl3N4O4/c1-3-9-27-16-14(23-17(26)18(19,20)21)15(13(24-25-22)11(2)29-16)28-10-12-7-5-4-6-8-12/h3-8,11,13-16H,1,9-10H2,2H3,(H,23,26)/t11-,13+,14-,15+,16-/m1/s1. The van der Waals surface area contributed by atoms with Crippen molar-refractivity contribution in [1.29, 1.82) is 0 Å². The maximum atomic E-state index is 12.3. The van der Waals surface area contributed by atoms with Crippen molar-refractivity contribution in [3.05, 3.63) is 59.0 Å². The molecule has 1 fully saturated rings. The molecule has 1 aromatic carbocycles. The Morgan fingerprint density at radius 3 is 2.66 bits per heavy atom. The number of amides is 1. The molecule has 1 saturated heterocycles. The molecular weight excluding hydrogens is 443 g/mol. The molecule has 1 heterocycles. The monoisotopic (exact) mass is 462 g/mol. The number of hydrogen-bond acceptors (Lipinski definition) is 5. The topological polar surface area (TPSA) is 106 Å². The van der Waals surface area contributed by atoms with Crippen molar-refractivity contribution in [2.24, 2.45) is 5.11 Å². The summed E-state index contributed by atoms with van der Waals surface area (Å²) < 4.78 is 15.3. The Labute approximate surface area is 183 Å². The lowest BCUT2D eigenvalue weighted by molar-refractivity contribution is -0.237. The first-order chi connectivity index (χ1) is 13.8. The zero-order valence-corrected chi connectivity index (χ0v) is 17.8. The second-order valence-electron chi connectivity index (χ2n) is 6.29. The maximum Gasteiger partial charge on any atom is 0.272 e. The minimum atomic E-state index is -2.20. The second kappa shape index (κ2) is 11.0. The van der Waals surface area contributed by atoms with Crippen LogP contribution in [0.5, 0.6) is 0 Å².